The lowest BCUT2D eigenvalue weighted by atomic mass is 10.2. The Balaban J connectivity index is 2.88. The van der Waals surface area contributed by atoms with Crippen LogP contribution >= 0.6 is 15.9 Å². The number of anilines is 2. The molecule has 1 N–H and O–H groups in total. The van der Waals surface area contributed by atoms with Gasteiger partial charge in [0.1, 0.15) is 5.82 Å². The van der Waals surface area contributed by atoms with Crippen molar-refractivity contribution in [2.45, 2.75) is 13.8 Å². The van der Waals surface area contributed by atoms with Crippen molar-refractivity contribution in [3.8, 4) is 6.07 Å². The number of nitriles is 1. The van der Waals surface area contributed by atoms with Crippen molar-refractivity contribution in [1.82, 2.24) is 9.97 Å². The summed E-state index contributed by atoms with van der Waals surface area (Å²) in [6.07, 6.45) is 1.72. The zero-order valence-corrected chi connectivity index (χ0v) is 11.8. The first-order valence-electron chi connectivity index (χ1n) is 5.45. The normalized spacial score (nSPS) is 11.7. The van der Waals surface area contributed by atoms with E-state index in [9.17, 15) is 0 Å². The molecule has 1 aromatic rings. The van der Waals surface area contributed by atoms with Crippen LogP contribution in [0, 0.1) is 17.2 Å². The molecule has 1 rings (SSSR count). The third kappa shape index (κ3) is 3.86. The second kappa shape index (κ2) is 6.40. The molecule has 0 bridgehead atoms. The Morgan fingerprint density at radius 3 is 2.94 bits per heavy atom. The van der Waals surface area contributed by atoms with Gasteiger partial charge in [-0.2, -0.15) is 10.2 Å². The molecule has 0 radical (unpaired) electrons. The molecule has 0 aromatic carbocycles. The van der Waals surface area contributed by atoms with Crippen molar-refractivity contribution in [1.29, 1.82) is 5.26 Å². The van der Waals surface area contributed by atoms with Gasteiger partial charge in [-0.15, -0.1) is 0 Å². The van der Waals surface area contributed by atoms with Gasteiger partial charge in [0.15, 0.2) is 0 Å². The van der Waals surface area contributed by atoms with E-state index in [0.29, 0.717) is 12.5 Å². The minimum absolute atomic E-state index is 0.0375. The fourth-order valence-electron chi connectivity index (χ4n) is 1.41. The van der Waals surface area contributed by atoms with Crippen LogP contribution < -0.4 is 10.2 Å². The van der Waals surface area contributed by atoms with Gasteiger partial charge in [0.05, 0.1) is 16.5 Å². The molecule has 0 aliphatic carbocycles. The summed E-state index contributed by atoms with van der Waals surface area (Å²) in [7, 11) is 1.91. The van der Waals surface area contributed by atoms with E-state index in [1.165, 1.54) is 0 Å². The second-order valence-corrected chi connectivity index (χ2v) is 4.66. The number of rotatable bonds is 5. The molecule has 6 heteroatoms. The van der Waals surface area contributed by atoms with Gasteiger partial charge in [-0.1, -0.05) is 0 Å². The van der Waals surface area contributed by atoms with E-state index in [-0.39, 0.29) is 5.92 Å². The second-order valence-electron chi connectivity index (χ2n) is 3.81. The van der Waals surface area contributed by atoms with E-state index in [1.54, 1.807) is 6.20 Å². The maximum Gasteiger partial charge on any atom is 0.224 e. The number of hydrogen-bond donors (Lipinski definition) is 1. The third-order valence-electron chi connectivity index (χ3n) is 2.19. The summed E-state index contributed by atoms with van der Waals surface area (Å²) in [6.45, 7) is 5.29. The van der Waals surface area contributed by atoms with E-state index in [2.05, 4.69) is 37.3 Å². The molecule has 1 atom stereocenters. The standard InChI is InChI=1S/C11H16BrN5/c1-4-14-11-15-6-9(12)10(16-11)17(3)7-8(2)5-13/h6,8H,4,7H2,1-3H3,(H,14,15,16). The summed E-state index contributed by atoms with van der Waals surface area (Å²) >= 11 is 3.42. The number of hydrogen-bond acceptors (Lipinski definition) is 5. The van der Waals surface area contributed by atoms with Gasteiger partial charge in [-0.3, -0.25) is 0 Å². The van der Waals surface area contributed by atoms with Crippen molar-refractivity contribution in [2.24, 2.45) is 5.92 Å². The first kappa shape index (κ1) is 13.7. The van der Waals surface area contributed by atoms with Crippen LogP contribution in [-0.2, 0) is 0 Å². The van der Waals surface area contributed by atoms with E-state index < -0.39 is 0 Å². The minimum Gasteiger partial charge on any atom is -0.357 e. The maximum atomic E-state index is 8.81. The lowest BCUT2D eigenvalue weighted by Gasteiger charge is -2.20. The van der Waals surface area contributed by atoms with Crippen molar-refractivity contribution in [3.63, 3.8) is 0 Å². The Morgan fingerprint density at radius 1 is 1.65 bits per heavy atom. The highest BCUT2D eigenvalue weighted by Gasteiger charge is 2.12. The molecule has 0 aliphatic rings. The Kier molecular flexibility index (Phi) is 5.16. The number of aromatic nitrogens is 2. The van der Waals surface area contributed by atoms with Crippen molar-refractivity contribution in [2.75, 3.05) is 30.4 Å². The smallest absolute Gasteiger partial charge is 0.224 e. The zero-order valence-electron chi connectivity index (χ0n) is 10.2. The van der Waals surface area contributed by atoms with Crippen LogP contribution in [0.1, 0.15) is 13.8 Å². The molecule has 0 fully saturated rings. The number of nitrogens with one attached hydrogen (secondary N) is 1. The molecular weight excluding hydrogens is 282 g/mol. The molecule has 17 heavy (non-hydrogen) atoms. The molecular formula is C11H16BrN5. The van der Waals surface area contributed by atoms with Gasteiger partial charge in [-0.25, -0.2) is 4.98 Å². The predicted molar refractivity (Wildman–Crippen MR) is 71.9 cm³/mol. The van der Waals surface area contributed by atoms with Gasteiger partial charge in [-0.05, 0) is 29.8 Å². The van der Waals surface area contributed by atoms with Crippen LogP contribution in [0.25, 0.3) is 0 Å². The molecule has 1 unspecified atom stereocenters. The first-order valence-corrected chi connectivity index (χ1v) is 6.25. The molecule has 0 saturated heterocycles. The van der Waals surface area contributed by atoms with Crippen molar-refractivity contribution >= 4 is 27.7 Å². The Hall–Kier alpha value is -1.35. The van der Waals surface area contributed by atoms with Gasteiger partial charge < -0.3 is 10.2 Å². The summed E-state index contributed by atoms with van der Waals surface area (Å²) in [5.74, 6) is 1.35. The third-order valence-corrected chi connectivity index (χ3v) is 2.75. The average molecular weight is 298 g/mol. The fraction of sp³-hybridized carbons (Fsp3) is 0.545. The highest BCUT2D eigenvalue weighted by atomic mass is 79.9. The highest BCUT2D eigenvalue weighted by molar-refractivity contribution is 9.10. The SMILES string of the molecule is CCNc1ncc(Br)c(N(C)CC(C)C#N)n1. The van der Waals surface area contributed by atoms with Crippen LogP contribution in [0.5, 0.6) is 0 Å². The summed E-state index contributed by atoms with van der Waals surface area (Å²) in [5.41, 5.74) is 0. The average Bonchev–Trinajstić information content (AvgIpc) is 2.31. The van der Waals surface area contributed by atoms with Crippen LogP contribution in [-0.4, -0.2) is 30.1 Å². The summed E-state index contributed by atoms with van der Waals surface area (Å²) in [4.78, 5) is 10.5. The Bertz CT molecular complexity index is 415. The fourth-order valence-corrected chi connectivity index (χ4v) is 1.90. The zero-order chi connectivity index (χ0) is 12.8. The molecule has 0 aliphatic heterocycles. The van der Waals surface area contributed by atoms with Gasteiger partial charge in [0, 0.05) is 26.3 Å². The van der Waals surface area contributed by atoms with Crippen LogP contribution in [0.4, 0.5) is 11.8 Å². The summed E-state index contributed by atoms with van der Waals surface area (Å²) < 4.78 is 0.826. The maximum absolute atomic E-state index is 8.81. The van der Waals surface area contributed by atoms with Crippen LogP contribution in [0.2, 0.25) is 0 Å². The van der Waals surface area contributed by atoms with E-state index in [0.717, 1.165) is 16.8 Å². The molecule has 1 heterocycles. The summed E-state index contributed by atoms with van der Waals surface area (Å²) in [5, 5.41) is 11.9. The Labute approximate surface area is 110 Å². The molecule has 92 valence electrons. The Morgan fingerprint density at radius 2 is 2.35 bits per heavy atom. The minimum atomic E-state index is -0.0375. The quantitative estimate of drug-likeness (QED) is 0.903. The monoisotopic (exact) mass is 297 g/mol. The van der Waals surface area contributed by atoms with Crippen molar-refractivity contribution in [3.05, 3.63) is 10.7 Å². The highest BCUT2D eigenvalue weighted by Crippen LogP contribution is 2.23. The lowest BCUT2D eigenvalue weighted by molar-refractivity contribution is 0.708. The number of halogens is 1. The van der Waals surface area contributed by atoms with Gasteiger partial charge in [0.25, 0.3) is 0 Å². The molecule has 0 saturated carbocycles. The number of nitrogens with zero attached hydrogens (tertiary/aromatic N) is 4. The first-order chi connectivity index (χ1) is 8.08. The predicted octanol–water partition coefficient (Wildman–Crippen LogP) is 2.27. The molecule has 0 spiro atoms. The lowest BCUT2D eigenvalue weighted by Crippen LogP contribution is -2.25. The largest absolute Gasteiger partial charge is 0.357 e. The summed E-state index contributed by atoms with van der Waals surface area (Å²) in [6, 6.07) is 2.21. The van der Waals surface area contributed by atoms with Crippen molar-refractivity contribution < 1.29 is 0 Å². The molecule has 5 nitrogen and oxygen atoms in total. The topological polar surface area (TPSA) is 64.8 Å². The van der Waals surface area contributed by atoms with Gasteiger partial charge >= 0.3 is 0 Å². The van der Waals surface area contributed by atoms with Crippen LogP contribution in [0.15, 0.2) is 10.7 Å². The van der Waals surface area contributed by atoms with E-state index in [4.69, 9.17) is 5.26 Å². The van der Waals surface area contributed by atoms with Gasteiger partial charge in [0.2, 0.25) is 5.95 Å². The molecule has 1 aromatic heterocycles. The van der Waals surface area contributed by atoms with E-state index in [1.807, 2.05) is 25.8 Å². The molecule has 0 amide bonds. The van der Waals surface area contributed by atoms with E-state index >= 15 is 0 Å². The van der Waals surface area contributed by atoms with Crippen LogP contribution in [0.3, 0.4) is 0 Å².